The summed E-state index contributed by atoms with van der Waals surface area (Å²) in [5.41, 5.74) is 2.01. The first-order valence-corrected chi connectivity index (χ1v) is 8.81. The fourth-order valence-electron chi connectivity index (χ4n) is 3.38. The molecule has 0 unspecified atom stereocenters. The number of hydrogen-bond acceptors (Lipinski definition) is 5. The molecule has 2 aliphatic heterocycles. The second-order valence-corrected chi connectivity index (χ2v) is 6.48. The maximum atomic E-state index is 12.5. The molecule has 0 aliphatic carbocycles. The molecule has 6 heteroatoms. The summed E-state index contributed by atoms with van der Waals surface area (Å²) < 4.78 is 5.34. The highest BCUT2D eigenvalue weighted by Gasteiger charge is 2.30. The van der Waals surface area contributed by atoms with Gasteiger partial charge in [-0.05, 0) is 12.5 Å². The number of carbonyl (C=O) groups is 1. The molecule has 3 heterocycles. The van der Waals surface area contributed by atoms with Gasteiger partial charge in [0, 0.05) is 44.5 Å². The van der Waals surface area contributed by atoms with E-state index in [1.807, 2.05) is 41.3 Å². The summed E-state index contributed by atoms with van der Waals surface area (Å²) in [7, 11) is 0. The Kier molecular flexibility index (Phi) is 4.61. The van der Waals surface area contributed by atoms with Gasteiger partial charge in [0.2, 0.25) is 11.9 Å². The van der Waals surface area contributed by atoms with Gasteiger partial charge in [0.1, 0.15) is 0 Å². The maximum absolute atomic E-state index is 12.5. The van der Waals surface area contributed by atoms with Crippen LogP contribution in [0.25, 0.3) is 11.3 Å². The first-order valence-electron chi connectivity index (χ1n) is 8.81. The number of anilines is 1. The minimum Gasteiger partial charge on any atom is -0.381 e. The highest BCUT2D eigenvalue weighted by molar-refractivity contribution is 5.79. The lowest BCUT2D eigenvalue weighted by Crippen LogP contribution is -2.51. The van der Waals surface area contributed by atoms with Crippen molar-refractivity contribution in [1.82, 2.24) is 14.9 Å². The Morgan fingerprint density at radius 2 is 1.88 bits per heavy atom. The van der Waals surface area contributed by atoms with E-state index in [2.05, 4.69) is 9.88 Å². The topological polar surface area (TPSA) is 58.6 Å². The molecule has 130 valence electrons. The Labute approximate surface area is 147 Å². The fourth-order valence-corrected chi connectivity index (χ4v) is 3.38. The van der Waals surface area contributed by atoms with E-state index in [-0.39, 0.29) is 11.8 Å². The molecule has 0 saturated carbocycles. The summed E-state index contributed by atoms with van der Waals surface area (Å²) >= 11 is 0. The third kappa shape index (κ3) is 3.49. The van der Waals surface area contributed by atoms with Crippen molar-refractivity contribution in [2.75, 3.05) is 44.3 Å². The van der Waals surface area contributed by atoms with Crippen LogP contribution in [0.5, 0.6) is 0 Å². The van der Waals surface area contributed by atoms with Crippen LogP contribution in [0.4, 0.5) is 5.95 Å². The van der Waals surface area contributed by atoms with Crippen LogP contribution < -0.4 is 4.90 Å². The van der Waals surface area contributed by atoms with E-state index in [1.54, 1.807) is 6.20 Å². The van der Waals surface area contributed by atoms with Gasteiger partial charge in [0.25, 0.3) is 0 Å². The van der Waals surface area contributed by atoms with E-state index in [0.29, 0.717) is 26.3 Å². The molecular weight excluding hydrogens is 316 g/mol. The van der Waals surface area contributed by atoms with E-state index >= 15 is 0 Å². The Hall–Kier alpha value is -2.47. The monoisotopic (exact) mass is 338 g/mol. The average molecular weight is 338 g/mol. The number of carbonyl (C=O) groups excluding carboxylic acids is 1. The molecule has 4 rings (SSSR count). The van der Waals surface area contributed by atoms with Crippen molar-refractivity contribution >= 4 is 11.9 Å². The smallest absolute Gasteiger partial charge is 0.228 e. The molecule has 25 heavy (non-hydrogen) atoms. The first kappa shape index (κ1) is 16.0. The van der Waals surface area contributed by atoms with Crippen LogP contribution in [0.2, 0.25) is 0 Å². The van der Waals surface area contributed by atoms with Crippen molar-refractivity contribution in [3.8, 4) is 11.3 Å². The molecule has 2 aliphatic rings. The van der Waals surface area contributed by atoms with E-state index in [9.17, 15) is 4.79 Å². The van der Waals surface area contributed by atoms with Crippen molar-refractivity contribution in [2.45, 2.75) is 6.42 Å². The van der Waals surface area contributed by atoms with E-state index in [4.69, 9.17) is 9.72 Å². The van der Waals surface area contributed by atoms with Gasteiger partial charge in [-0.15, -0.1) is 0 Å². The van der Waals surface area contributed by atoms with Gasteiger partial charge >= 0.3 is 0 Å². The second kappa shape index (κ2) is 7.19. The lowest BCUT2D eigenvalue weighted by Gasteiger charge is -2.35. The Morgan fingerprint density at radius 1 is 1.08 bits per heavy atom. The number of nitrogens with zero attached hydrogens (tertiary/aromatic N) is 4. The normalized spacial score (nSPS) is 20.7. The van der Waals surface area contributed by atoms with Gasteiger partial charge < -0.3 is 14.5 Å². The van der Waals surface area contributed by atoms with Gasteiger partial charge in [0.05, 0.1) is 18.2 Å². The van der Waals surface area contributed by atoms with Crippen LogP contribution in [-0.2, 0) is 9.53 Å². The van der Waals surface area contributed by atoms with E-state index in [1.165, 1.54) is 0 Å². The molecule has 2 fully saturated rings. The predicted octanol–water partition coefficient (Wildman–Crippen LogP) is 1.83. The quantitative estimate of drug-likeness (QED) is 0.854. The maximum Gasteiger partial charge on any atom is 0.228 e. The van der Waals surface area contributed by atoms with Gasteiger partial charge in [0.15, 0.2) is 0 Å². The number of ether oxygens (including phenoxy) is 1. The highest BCUT2D eigenvalue weighted by atomic mass is 16.5. The molecule has 2 saturated heterocycles. The summed E-state index contributed by atoms with van der Waals surface area (Å²) in [6.07, 6.45) is 2.65. The van der Waals surface area contributed by atoms with Gasteiger partial charge in [-0.3, -0.25) is 4.79 Å². The minimum absolute atomic E-state index is 0.0456. The number of hydrogen-bond donors (Lipinski definition) is 0. The zero-order valence-electron chi connectivity index (χ0n) is 14.2. The van der Waals surface area contributed by atoms with E-state index in [0.717, 1.165) is 36.7 Å². The Balaban J connectivity index is 1.42. The molecule has 1 amide bonds. The summed E-state index contributed by atoms with van der Waals surface area (Å²) in [5, 5.41) is 0. The molecule has 1 aromatic heterocycles. The number of benzene rings is 1. The summed E-state index contributed by atoms with van der Waals surface area (Å²) in [6.45, 7) is 4.23. The van der Waals surface area contributed by atoms with Crippen molar-refractivity contribution in [3.05, 3.63) is 42.6 Å². The van der Waals surface area contributed by atoms with Crippen LogP contribution in [-0.4, -0.2) is 60.2 Å². The Bertz CT molecular complexity index is 723. The highest BCUT2D eigenvalue weighted by Crippen LogP contribution is 2.21. The lowest BCUT2D eigenvalue weighted by atomic mass is 10.1. The van der Waals surface area contributed by atoms with Crippen molar-refractivity contribution in [3.63, 3.8) is 0 Å². The van der Waals surface area contributed by atoms with Crippen LogP contribution in [0.1, 0.15) is 6.42 Å². The summed E-state index contributed by atoms with van der Waals surface area (Å²) in [5.74, 6) is 1.01. The SMILES string of the molecule is O=C([C@@H]1CCOC1)N1CCN(c2nccc(-c3ccccc3)n2)CC1. The molecule has 2 aromatic rings. The second-order valence-electron chi connectivity index (χ2n) is 6.48. The van der Waals surface area contributed by atoms with Crippen LogP contribution >= 0.6 is 0 Å². The van der Waals surface area contributed by atoms with E-state index < -0.39 is 0 Å². The zero-order chi connectivity index (χ0) is 17.1. The Morgan fingerprint density at radius 3 is 2.60 bits per heavy atom. The van der Waals surface area contributed by atoms with Gasteiger partial charge in [-0.1, -0.05) is 30.3 Å². The number of amides is 1. The summed E-state index contributed by atoms with van der Waals surface area (Å²) in [4.78, 5) is 25.7. The zero-order valence-corrected chi connectivity index (χ0v) is 14.2. The molecule has 0 N–H and O–H groups in total. The molecule has 1 aromatic carbocycles. The molecule has 0 spiro atoms. The van der Waals surface area contributed by atoms with Crippen LogP contribution in [0.3, 0.4) is 0 Å². The predicted molar refractivity (Wildman–Crippen MR) is 95.2 cm³/mol. The van der Waals surface area contributed by atoms with Gasteiger partial charge in [-0.25, -0.2) is 9.97 Å². The van der Waals surface area contributed by atoms with Crippen LogP contribution in [0, 0.1) is 5.92 Å². The standard InChI is InChI=1S/C19H22N4O2/c24-18(16-7-13-25-14-16)22-9-11-23(12-10-22)19-20-8-6-17(21-19)15-4-2-1-3-5-15/h1-6,8,16H,7,9-14H2/t16-/m1/s1. The molecule has 1 atom stereocenters. The van der Waals surface area contributed by atoms with Crippen molar-refractivity contribution in [2.24, 2.45) is 5.92 Å². The lowest BCUT2D eigenvalue weighted by molar-refractivity contribution is -0.135. The number of rotatable bonds is 3. The van der Waals surface area contributed by atoms with Crippen LogP contribution in [0.15, 0.2) is 42.6 Å². The first-order chi connectivity index (χ1) is 12.3. The largest absolute Gasteiger partial charge is 0.381 e. The summed E-state index contributed by atoms with van der Waals surface area (Å²) in [6, 6.07) is 12.0. The third-order valence-corrected chi connectivity index (χ3v) is 4.87. The molecular formula is C19H22N4O2. The third-order valence-electron chi connectivity index (χ3n) is 4.87. The molecule has 0 bridgehead atoms. The minimum atomic E-state index is 0.0456. The number of aromatic nitrogens is 2. The van der Waals surface area contributed by atoms with Crippen molar-refractivity contribution < 1.29 is 9.53 Å². The molecule has 6 nitrogen and oxygen atoms in total. The molecule has 0 radical (unpaired) electrons. The fraction of sp³-hybridized carbons (Fsp3) is 0.421. The van der Waals surface area contributed by atoms with Crippen molar-refractivity contribution in [1.29, 1.82) is 0 Å². The average Bonchev–Trinajstić information content (AvgIpc) is 3.23. The number of piperazine rings is 1. The van der Waals surface area contributed by atoms with Gasteiger partial charge in [-0.2, -0.15) is 0 Å².